The number of ether oxygens (including phenoxy) is 2. The van der Waals surface area contributed by atoms with Crippen molar-refractivity contribution in [1.82, 2.24) is 10.2 Å². The first-order valence-corrected chi connectivity index (χ1v) is 19.2. The minimum atomic E-state index is -1.15. The maximum absolute atomic E-state index is 13.5. The summed E-state index contributed by atoms with van der Waals surface area (Å²) in [5.74, 6) is 0.241. The molecule has 10 nitrogen and oxygen atoms in total. The number of hydrogen-bond acceptors (Lipinski definition) is 8. The van der Waals surface area contributed by atoms with Gasteiger partial charge in [0.1, 0.15) is 11.6 Å². The minimum absolute atomic E-state index is 0.0200. The number of rotatable bonds is 8. The molecular formula is C39H66N2O8. The van der Waals surface area contributed by atoms with E-state index in [2.05, 4.69) is 26.1 Å². The van der Waals surface area contributed by atoms with Crippen molar-refractivity contribution in [3.05, 3.63) is 0 Å². The first-order chi connectivity index (χ1) is 22.6. The van der Waals surface area contributed by atoms with Crippen LogP contribution < -0.4 is 5.32 Å². The van der Waals surface area contributed by atoms with E-state index in [0.717, 1.165) is 38.5 Å². The number of nitrogens with one attached hydrogen (secondary N) is 1. The van der Waals surface area contributed by atoms with E-state index in [1.165, 1.54) is 4.90 Å². The summed E-state index contributed by atoms with van der Waals surface area (Å²) in [7, 11) is 0. The molecule has 1 unspecified atom stereocenters. The number of aliphatic hydroxyl groups is 3. The van der Waals surface area contributed by atoms with Crippen molar-refractivity contribution in [3.8, 4) is 0 Å². The van der Waals surface area contributed by atoms with Gasteiger partial charge in [0, 0.05) is 12.0 Å². The van der Waals surface area contributed by atoms with E-state index in [9.17, 15) is 29.7 Å². The quantitative estimate of drug-likeness (QED) is 0.191. The molecule has 1 saturated heterocycles. The predicted octanol–water partition coefficient (Wildman–Crippen LogP) is 5.59. The SMILES string of the molecule is CC[C@@H]1[C@@H]([C@H](OC(=O)CC[C@@H](C)[C@H]2CC[C@H]3[C@H]4C(C[C@H](O)[C@]23C)[C@@]2(C)CC[C@@H](O)C[C@H]2C[C@H]4O)C(=O)NC(C)(C)C)N1C(=O)OC(C)(C)C. The highest BCUT2D eigenvalue weighted by Crippen LogP contribution is 2.68. The lowest BCUT2D eigenvalue weighted by atomic mass is 9.43. The van der Waals surface area contributed by atoms with Gasteiger partial charge in [0.05, 0.1) is 24.4 Å². The molecule has 4 N–H and O–H groups in total. The van der Waals surface area contributed by atoms with Gasteiger partial charge in [0.15, 0.2) is 0 Å². The standard InChI is InChI=1S/C39H66N2O8/c1-11-27-32(41(27)35(47)49-37(6,7)8)33(34(46)40-36(3,4)5)48-30(45)15-12-21(2)24-13-14-25-31-26(20-29(44)39(24,25)10)38(9)17-16-23(42)18-22(38)19-28(31)43/h21-29,31-33,42-44H,11-20H2,1-10H3,(H,40,46)/t21-,22+,23-,24-,25+,26?,27-,28-,29+,31+,32+,33+,38+,39-,41?/m1/s1. The molecule has 5 aliphatic rings. The number of carbonyl (C=O) groups excluding carboxylic acids is 3. The Labute approximate surface area is 294 Å². The molecule has 10 heteroatoms. The topological polar surface area (TPSA) is 145 Å². The molecule has 4 aliphatic carbocycles. The van der Waals surface area contributed by atoms with Crippen molar-refractivity contribution in [2.75, 3.05) is 0 Å². The monoisotopic (exact) mass is 690 g/mol. The third kappa shape index (κ3) is 7.39. The van der Waals surface area contributed by atoms with E-state index < -0.39 is 53.5 Å². The molecule has 2 amide bonds. The number of esters is 1. The zero-order valence-corrected chi connectivity index (χ0v) is 31.8. The number of nitrogens with zero attached hydrogens (tertiary/aromatic N) is 1. The maximum Gasteiger partial charge on any atom is 0.411 e. The average Bonchev–Trinajstić information content (AvgIpc) is 3.59. The largest absolute Gasteiger partial charge is 0.450 e. The van der Waals surface area contributed by atoms with Crippen molar-refractivity contribution in [1.29, 1.82) is 0 Å². The zero-order valence-electron chi connectivity index (χ0n) is 31.8. The van der Waals surface area contributed by atoms with Gasteiger partial charge in [0.2, 0.25) is 6.10 Å². The van der Waals surface area contributed by atoms with Gasteiger partial charge in [0.25, 0.3) is 5.91 Å². The van der Waals surface area contributed by atoms with E-state index in [0.29, 0.717) is 19.3 Å². The zero-order chi connectivity index (χ0) is 36.4. The average molecular weight is 691 g/mol. The molecular weight excluding hydrogens is 624 g/mol. The van der Waals surface area contributed by atoms with Crippen LogP contribution >= 0.6 is 0 Å². The molecule has 4 saturated carbocycles. The van der Waals surface area contributed by atoms with Gasteiger partial charge >= 0.3 is 12.1 Å². The van der Waals surface area contributed by atoms with Crippen LogP contribution in [0.1, 0.15) is 133 Å². The van der Waals surface area contributed by atoms with Crippen LogP contribution in [0.5, 0.6) is 0 Å². The van der Waals surface area contributed by atoms with E-state index in [1.807, 2.05) is 27.7 Å². The fourth-order valence-corrected chi connectivity index (χ4v) is 11.3. The summed E-state index contributed by atoms with van der Waals surface area (Å²) < 4.78 is 11.5. The van der Waals surface area contributed by atoms with Crippen LogP contribution in [0.15, 0.2) is 0 Å². The van der Waals surface area contributed by atoms with Crippen LogP contribution in [0.3, 0.4) is 0 Å². The molecule has 49 heavy (non-hydrogen) atoms. The number of hydrogen-bond donors (Lipinski definition) is 4. The van der Waals surface area contributed by atoms with Crippen LogP contribution in [0, 0.1) is 46.3 Å². The number of amides is 2. The molecule has 0 aromatic rings. The van der Waals surface area contributed by atoms with E-state index in [4.69, 9.17) is 9.47 Å². The molecule has 5 fully saturated rings. The maximum atomic E-state index is 13.5. The molecule has 0 aromatic heterocycles. The molecule has 0 spiro atoms. The first kappa shape index (κ1) is 38.3. The number of aliphatic hydroxyl groups excluding tert-OH is 3. The number of fused-ring (bicyclic) bond motifs is 5. The lowest BCUT2D eigenvalue weighted by Gasteiger charge is -2.63. The lowest BCUT2D eigenvalue weighted by molar-refractivity contribution is -0.207. The van der Waals surface area contributed by atoms with Crippen LogP contribution in [-0.4, -0.2) is 85.8 Å². The lowest BCUT2D eigenvalue weighted by Crippen LogP contribution is -2.62. The van der Waals surface area contributed by atoms with E-state index >= 15 is 0 Å². The molecule has 280 valence electrons. The summed E-state index contributed by atoms with van der Waals surface area (Å²) >= 11 is 0. The van der Waals surface area contributed by atoms with Gasteiger partial charge in [-0.15, -0.1) is 0 Å². The van der Waals surface area contributed by atoms with Crippen molar-refractivity contribution >= 4 is 18.0 Å². The van der Waals surface area contributed by atoms with Gasteiger partial charge < -0.3 is 30.1 Å². The summed E-state index contributed by atoms with van der Waals surface area (Å²) in [5, 5.41) is 36.9. The highest BCUT2D eigenvalue weighted by atomic mass is 16.6. The Bertz CT molecular complexity index is 1240. The molecule has 0 aromatic carbocycles. The Morgan fingerprint density at radius 2 is 1.63 bits per heavy atom. The Kier molecular flexibility index (Phi) is 10.6. The summed E-state index contributed by atoms with van der Waals surface area (Å²) in [5.41, 5.74) is -1.60. The summed E-state index contributed by atoms with van der Waals surface area (Å²) in [6.45, 7) is 19.6. The second-order valence-corrected chi connectivity index (χ2v) is 19.0. The fraction of sp³-hybridized carbons (Fsp3) is 0.923. The summed E-state index contributed by atoms with van der Waals surface area (Å²) in [6, 6.07) is -0.866. The van der Waals surface area contributed by atoms with Crippen LogP contribution in [0.2, 0.25) is 0 Å². The Hall–Kier alpha value is -1.91. The third-order valence-corrected chi connectivity index (χ3v) is 13.7. The number of carbonyl (C=O) groups is 3. The highest BCUT2D eigenvalue weighted by molar-refractivity contribution is 5.87. The van der Waals surface area contributed by atoms with Crippen molar-refractivity contribution in [2.45, 2.75) is 181 Å². The molecule has 1 heterocycles. The van der Waals surface area contributed by atoms with Gasteiger partial charge in [-0.2, -0.15) is 0 Å². The fourth-order valence-electron chi connectivity index (χ4n) is 11.3. The Balaban J connectivity index is 1.26. The predicted molar refractivity (Wildman–Crippen MR) is 186 cm³/mol. The van der Waals surface area contributed by atoms with Crippen LogP contribution in [0.4, 0.5) is 4.79 Å². The highest BCUT2D eigenvalue weighted by Gasteiger charge is 2.66. The second-order valence-electron chi connectivity index (χ2n) is 19.0. The molecule has 14 atom stereocenters. The molecule has 0 bridgehead atoms. The second kappa shape index (κ2) is 13.6. The van der Waals surface area contributed by atoms with Gasteiger partial charge in [-0.1, -0.05) is 27.7 Å². The van der Waals surface area contributed by atoms with Gasteiger partial charge in [-0.3, -0.25) is 14.5 Å². The van der Waals surface area contributed by atoms with Gasteiger partial charge in [-0.05, 0) is 146 Å². The normalized spacial score (nSPS) is 41.4. The van der Waals surface area contributed by atoms with E-state index in [1.54, 1.807) is 20.8 Å². The third-order valence-electron chi connectivity index (χ3n) is 13.7. The smallest absolute Gasteiger partial charge is 0.411 e. The Morgan fingerprint density at radius 3 is 2.24 bits per heavy atom. The molecule has 0 radical (unpaired) electrons. The summed E-state index contributed by atoms with van der Waals surface area (Å²) in [4.78, 5) is 41.5. The van der Waals surface area contributed by atoms with Crippen molar-refractivity contribution in [3.63, 3.8) is 0 Å². The van der Waals surface area contributed by atoms with Crippen LogP contribution in [0.25, 0.3) is 0 Å². The van der Waals surface area contributed by atoms with Gasteiger partial charge in [-0.25, -0.2) is 4.79 Å². The first-order valence-electron chi connectivity index (χ1n) is 19.2. The Morgan fingerprint density at radius 1 is 0.959 bits per heavy atom. The molecule has 5 rings (SSSR count). The van der Waals surface area contributed by atoms with Crippen molar-refractivity contribution in [2.24, 2.45) is 46.3 Å². The van der Waals surface area contributed by atoms with Crippen LogP contribution in [-0.2, 0) is 19.1 Å². The minimum Gasteiger partial charge on any atom is -0.450 e. The van der Waals surface area contributed by atoms with E-state index in [-0.39, 0.29) is 64.9 Å². The molecule has 1 aliphatic heterocycles. The van der Waals surface area contributed by atoms with Crippen molar-refractivity contribution < 1.29 is 39.2 Å². The summed E-state index contributed by atoms with van der Waals surface area (Å²) in [6.07, 6.45) is 4.12.